The van der Waals surface area contributed by atoms with Gasteiger partial charge in [0.25, 0.3) is 0 Å². The molecule has 2 heterocycles. The summed E-state index contributed by atoms with van der Waals surface area (Å²) in [5, 5.41) is 3.13. The quantitative estimate of drug-likeness (QED) is 0.898. The second kappa shape index (κ2) is 5.62. The summed E-state index contributed by atoms with van der Waals surface area (Å²) in [6.07, 6.45) is 2.94. The Bertz CT molecular complexity index is 510. The Hall–Kier alpha value is -2.21. The van der Waals surface area contributed by atoms with Gasteiger partial charge in [-0.1, -0.05) is 0 Å². The van der Waals surface area contributed by atoms with E-state index < -0.39 is 0 Å². The van der Waals surface area contributed by atoms with E-state index in [4.69, 9.17) is 4.74 Å². The molecule has 0 unspecified atom stereocenters. The van der Waals surface area contributed by atoms with Crippen LogP contribution in [-0.2, 0) is 4.74 Å². The van der Waals surface area contributed by atoms with E-state index in [1.807, 2.05) is 12.1 Å². The number of rotatable bonds is 3. The summed E-state index contributed by atoms with van der Waals surface area (Å²) in [5.41, 5.74) is 2.17. The molecule has 1 N–H and O–H groups in total. The van der Waals surface area contributed by atoms with Crippen molar-refractivity contribution >= 4 is 17.3 Å². The van der Waals surface area contributed by atoms with Crippen LogP contribution in [0.2, 0.25) is 0 Å². The third kappa shape index (κ3) is 2.97. The Morgan fingerprint density at radius 2 is 1.68 bits per heavy atom. The van der Waals surface area contributed by atoms with Gasteiger partial charge >= 0.3 is 0 Å². The van der Waals surface area contributed by atoms with Gasteiger partial charge < -0.3 is 15.0 Å². The van der Waals surface area contributed by atoms with Crippen LogP contribution >= 0.6 is 0 Å². The SMILES string of the molecule is c1ncnc(Nc2ccc(N3CCOCC3)cc2)n1. The van der Waals surface area contributed by atoms with Gasteiger partial charge in [0.1, 0.15) is 12.7 Å². The lowest BCUT2D eigenvalue weighted by molar-refractivity contribution is 0.122. The van der Waals surface area contributed by atoms with Gasteiger partial charge in [0.05, 0.1) is 13.2 Å². The molecule has 98 valence electrons. The second-order valence-electron chi connectivity index (χ2n) is 4.23. The summed E-state index contributed by atoms with van der Waals surface area (Å²) < 4.78 is 5.35. The van der Waals surface area contributed by atoms with E-state index in [0.717, 1.165) is 32.0 Å². The second-order valence-corrected chi connectivity index (χ2v) is 4.23. The Balaban J connectivity index is 1.68. The van der Waals surface area contributed by atoms with Crippen molar-refractivity contribution in [2.24, 2.45) is 0 Å². The van der Waals surface area contributed by atoms with Crippen molar-refractivity contribution in [3.63, 3.8) is 0 Å². The van der Waals surface area contributed by atoms with E-state index in [-0.39, 0.29) is 0 Å². The molecule has 1 aromatic heterocycles. The maximum atomic E-state index is 5.35. The van der Waals surface area contributed by atoms with E-state index in [1.54, 1.807) is 0 Å². The number of hydrogen-bond acceptors (Lipinski definition) is 6. The molecule has 0 spiro atoms. The molecule has 3 rings (SSSR count). The van der Waals surface area contributed by atoms with Gasteiger partial charge in [-0.25, -0.2) is 15.0 Å². The van der Waals surface area contributed by atoms with Crippen molar-refractivity contribution in [1.82, 2.24) is 15.0 Å². The van der Waals surface area contributed by atoms with Crippen molar-refractivity contribution in [1.29, 1.82) is 0 Å². The van der Waals surface area contributed by atoms with Gasteiger partial charge in [-0.2, -0.15) is 0 Å². The molecular formula is C13H15N5O. The normalized spacial score (nSPS) is 15.3. The first-order valence-electron chi connectivity index (χ1n) is 6.23. The predicted octanol–water partition coefficient (Wildman–Crippen LogP) is 1.45. The van der Waals surface area contributed by atoms with Gasteiger partial charge in [0.15, 0.2) is 0 Å². The molecule has 0 atom stereocenters. The fraction of sp³-hybridized carbons (Fsp3) is 0.308. The third-order valence-corrected chi connectivity index (χ3v) is 2.99. The molecule has 19 heavy (non-hydrogen) atoms. The minimum Gasteiger partial charge on any atom is -0.378 e. The highest BCUT2D eigenvalue weighted by Crippen LogP contribution is 2.20. The Labute approximate surface area is 111 Å². The lowest BCUT2D eigenvalue weighted by Gasteiger charge is -2.28. The van der Waals surface area contributed by atoms with Gasteiger partial charge in [0.2, 0.25) is 5.95 Å². The van der Waals surface area contributed by atoms with Crippen molar-refractivity contribution in [2.75, 3.05) is 36.5 Å². The zero-order chi connectivity index (χ0) is 12.9. The van der Waals surface area contributed by atoms with Crippen LogP contribution in [0.1, 0.15) is 0 Å². The zero-order valence-electron chi connectivity index (χ0n) is 10.5. The van der Waals surface area contributed by atoms with Crippen LogP contribution in [0.4, 0.5) is 17.3 Å². The van der Waals surface area contributed by atoms with E-state index in [9.17, 15) is 0 Å². The Kier molecular flexibility index (Phi) is 3.51. The molecule has 1 fully saturated rings. The van der Waals surface area contributed by atoms with Crippen molar-refractivity contribution in [3.05, 3.63) is 36.9 Å². The van der Waals surface area contributed by atoms with Crippen LogP contribution in [0.5, 0.6) is 0 Å². The molecule has 1 aliphatic heterocycles. The Morgan fingerprint density at radius 3 is 2.37 bits per heavy atom. The van der Waals surface area contributed by atoms with Gasteiger partial charge in [-0.15, -0.1) is 0 Å². The van der Waals surface area contributed by atoms with Crippen LogP contribution in [0, 0.1) is 0 Å². The first-order chi connectivity index (χ1) is 9.42. The molecule has 0 radical (unpaired) electrons. The smallest absolute Gasteiger partial charge is 0.230 e. The van der Waals surface area contributed by atoms with Crippen molar-refractivity contribution < 1.29 is 4.74 Å². The maximum absolute atomic E-state index is 5.35. The van der Waals surface area contributed by atoms with E-state index in [0.29, 0.717) is 5.95 Å². The van der Waals surface area contributed by atoms with Crippen LogP contribution in [-0.4, -0.2) is 41.3 Å². The van der Waals surface area contributed by atoms with E-state index in [1.165, 1.54) is 18.3 Å². The average Bonchev–Trinajstić information content (AvgIpc) is 2.50. The maximum Gasteiger partial charge on any atom is 0.230 e. The molecule has 2 aromatic rings. The van der Waals surface area contributed by atoms with Gasteiger partial charge in [-0.3, -0.25) is 0 Å². The minimum absolute atomic E-state index is 0.550. The van der Waals surface area contributed by atoms with Crippen LogP contribution in [0.3, 0.4) is 0 Å². The number of nitrogens with zero attached hydrogens (tertiary/aromatic N) is 4. The molecule has 1 aliphatic rings. The highest BCUT2D eigenvalue weighted by atomic mass is 16.5. The summed E-state index contributed by atoms with van der Waals surface area (Å²) in [5.74, 6) is 0.550. The number of morpholine rings is 1. The summed E-state index contributed by atoms with van der Waals surface area (Å²) >= 11 is 0. The number of aromatic nitrogens is 3. The summed E-state index contributed by atoms with van der Waals surface area (Å²) in [6.45, 7) is 3.48. The van der Waals surface area contributed by atoms with Gasteiger partial charge in [0, 0.05) is 24.5 Å². The van der Waals surface area contributed by atoms with Crippen LogP contribution < -0.4 is 10.2 Å². The Morgan fingerprint density at radius 1 is 1.00 bits per heavy atom. The van der Waals surface area contributed by atoms with Crippen LogP contribution in [0.25, 0.3) is 0 Å². The summed E-state index contributed by atoms with van der Waals surface area (Å²) in [7, 11) is 0. The molecule has 0 saturated carbocycles. The minimum atomic E-state index is 0.550. The number of benzene rings is 1. The number of hydrogen-bond donors (Lipinski definition) is 1. The molecule has 1 saturated heterocycles. The van der Waals surface area contributed by atoms with Crippen molar-refractivity contribution in [3.8, 4) is 0 Å². The first-order valence-corrected chi connectivity index (χ1v) is 6.23. The van der Waals surface area contributed by atoms with E-state index in [2.05, 4.69) is 37.3 Å². The molecule has 0 aliphatic carbocycles. The number of nitrogens with one attached hydrogen (secondary N) is 1. The lowest BCUT2D eigenvalue weighted by atomic mass is 10.2. The fourth-order valence-corrected chi connectivity index (χ4v) is 2.01. The lowest BCUT2D eigenvalue weighted by Crippen LogP contribution is -2.36. The molecule has 1 aromatic carbocycles. The molecular weight excluding hydrogens is 242 g/mol. The van der Waals surface area contributed by atoms with Gasteiger partial charge in [-0.05, 0) is 24.3 Å². The summed E-state index contributed by atoms with van der Waals surface area (Å²) in [4.78, 5) is 14.1. The topological polar surface area (TPSA) is 63.2 Å². The summed E-state index contributed by atoms with van der Waals surface area (Å²) in [6, 6.07) is 8.23. The molecule has 6 heteroatoms. The van der Waals surface area contributed by atoms with Crippen LogP contribution in [0.15, 0.2) is 36.9 Å². The zero-order valence-corrected chi connectivity index (χ0v) is 10.5. The number of anilines is 3. The largest absolute Gasteiger partial charge is 0.378 e. The van der Waals surface area contributed by atoms with Crippen molar-refractivity contribution in [2.45, 2.75) is 0 Å². The highest BCUT2D eigenvalue weighted by Gasteiger charge is 2.10. The standard InChI is InChI=1S/C13H15N5O/c1-3-12(18-5-7-19-8-6-18)4-2-11(1)17-13-15-9-14-10-16-13/h1-4,9-10H,5-8H2,(H,14,15,16,17). The first kappa shape index (κ1) is 11.9. The third-order valence-electron chi connectivity index (χ3n) is 2.99. The molecule has 6 nitrogen and oxygen atoms in total. The highest BCUT2D eigenvalue weighted by molar-refractivity contribution is 5.59. The number of ether oxygens (including phenoxy) is 1. The molecule has 0 bridgehead atoms. The average molecular weight is 257 g/mol. The van der Waals surface area contributed by atoms with E-state index >= 15 is 0 Å². The monoisotopic (exact) mass is 257 g/mol. The fourth-order valence-electron chi connectivity index (χ4n) is 2.01. The predicted molar refractivity (Wildman–Crippen MR) is 72.6 cm³/mol. The molecule has 0 amide bonds.